The van der Waals surface area contributed by atoms with E-state index in [1.165, 1.54) is 0 Å². The zero-order valence-electron chi connectivity index (χ0n) is 16.1. The van der Waals surface area contributed by atoms with Gasteiger partial charge in [-0.1, -0.05) is 12.1 Å². The fraction of sp³-hybridized carbons (Fsp3) is 0.650. The van der Waals surface area contributed by atoms with Crippen molar-refractivity contribution in [1.29, 1.82) is 0 Å². The minimum absolute atomic E-state index is 0.638. The third kappa shape index (κ3) is 8.06. The minimum atomic E-state index is 0.638. The molecule has 0 spiro atoms. The van der Waals surface area contributed by atoms with E-state index in [2.05, 4.69) is 22.5 Å². The van der Waals surface area contributed by atoms with E-state index < -0.39 is 0 Å². The summed E-state index contributed by atoms with van der Waals surface area (Å²) in [6, 6.07) is 7.99. The molecule has 26 heavy (non-hydrogen) atoms. The monoisotopic (exact) mass is 363 g/mol. The fourth-order valence-electron chi connectivity index (χ4n) is 2.79. The van der Waals surface area contributed by atoms with E-state index in [0.29, 0.717) is 12.5 Å². The number of benzene rings is 1. The van der Waals surface area contributed by atoms with Crippen LogP contribution in [0.3, 0.4) is 0 Å². The van der Waals surface area contributed by atoms with E-state index in [9.17, 15) is 0 Å². The SMILES string of the molecule is CCNC(=NCc1ccc(OC)cc1)NCCCOCC1CCOCC1. The molecule has 0 radical (unpaired) electrons. The lowest BCUT2D eigenvalue weighted by Gasteiger charge is -2.21. The first kappa shape index (κ1) is 20.5. The highest BCUT2D eigenvalue weighted by Crippen LogP contribution is 2.14. The van der Waals surface area contributed by atoms with Crippen LogP contribution in [-0.2, 0) is 16.0 Å². The molecule has 0 aromatic heterocycles. The Hall–Kier alpha value is -1.79. The molecular formula is C20H33N3O3. The molecule has 1 fully saturated rings. The summed E-state index contributed by atoms with van der Waals surface area (Å²) in [7, 11) is 1.67. The smallest absolute Gasteiger partial charge is 0.191 e. The Morgan fingerprint density at radius 1 is 1.19 bits per heavy atom. The van der Waals surface area contributed by atoms with Crippen LogP contribution in [0.1, 0.15) is 31.7 Å². The second-order valence-corrected chi connectivity index (χ2v) is 6.45. The Labute approximate surface area is 157 Å². The summed E-state index contributed by atoms with van der Waals surface area (Å²) in [4.78, 5) is 4.63. The van der Waals surface area contributed by atoms with Gasteiger partial charge in [-0.15, -0.1) is 0 Å². The lowest BCUT2D eigenvalue weighted by Crippen LogP contribution is -2.38. The van der Waals surface area contributed by atoms with E-state index in [4.69, 9.17) is 14.2 Å². The van der Waals surface area contributed by atoms with E-state index >= 15 is 0 Å². The van der Waals surface area contributed by atoms with Crippen LogP contribution in [0.4, 0.5) is 0 Å². The molecule has 2 N–H and O–H groups in total. The van der Waals surface area contributed by atoms with Gasteiger partial charge in [0.2, 0.25) is 0 Å². The first-order valence-electron chi connectivity index (χ1n) is 9.62. The van der Waals surface area contributed by atoms with Gasteiger partial charge in [0.15, 0.2) is 5.96 Å². The largest absolute Gasteiger partial charge is 0.497 e. The zero-order chi connectivity index (χ0) is 18.5. The fourth-order valence-corrected chi connectivity index (χ4v) is 2.79. The predicted octanol–water partition coefficient (Wildman–Crippen LogP) is 2.58. The second kappa shape index (κ2) is 12.5. The van der Waals surface area contributed by atoms with Gasteiger partial charge in [-0.2, -0.15) is 0 Å². The molecule has 1 aliphatic heterocycles. The minimum Gasteiger partial charge on any atom is -0.497 e. The van der Waals surface area contributed by atoms with Gasteiger partial charge in [-0.3, -0.25) is 0 Å². The number of methoxy groups -OCH3 is 1. The van der Waals surface area contributed by atoms with Gasteiger partial charge in [0.25, 0.3) is 0 Å². The summed E-state index contributed by atoms with van der Waals surface area (Å²) >= 11 is 0. The highest BCUT2D eigenvalue weighted by Gasteiger charge is 2.13. The molecule has 0 aliphatic carbocycles. The highest BCUT2D eigenvalue weighted by atomic mass is 16.5. The number of ether oxygens (including phenoxy) is 3. The van der Waals surface area contributed by atoms with Crippen molar-refractivity contribution in [2.24, 2.45) is 10.9 Å². The quantitative estimate of drug-likeness (QED) is 0.380. The average Bonchev–Trinajstić information content (AvgIpc) is 2.69. The van der Waals surface area contributed by atoms with Crippen molar-refractivity contribution in [2.45, 2.75) is 32.7 Å². The van der Waals surface area contributed by atoms with Gasteiger partial charge in [0.1, 0.15) is 5.75 Å². The van der Waals surface area contributed by atoms with Crippen LogP contribution in [0.2, 0.25) is 0 Å². The van der Waals surface area contributed by atoms with E-state index in [0.717, 1.165) is 76.1 Å². The zero-order valence-corrected chi connectivity index (χ0v) is 16.1. The summed E-state index contributed by atoms with van der Waals surface area (Å²) < 4.78 is 16.3. The molecule has 1 heterocycles. The van der Waals surface area contributed by atoms with E-state index in [-0.39, 0.29) is 0 Å². The normalized spacial score (nSPS) is 15.7. The summed E-state index contributed by atoms with van der Waals surface area (Å²) in [6.45, 7) is 7.80. The van der Waals surface area contributed by atoms with E-state index in [1.54, 1.807) is 7.11 Å². The third-order valence-corrected chi connectivity index (χ3v) is 4.38. The lowest BCUT2D eigenvalue weighted by atomic mass is 10.0. The average molecular weight is 364 g/mol. The molecule has 0 atom stereocenters. The Kier molecular flexibility index (Phi) is 9.90. The van der Waals surface area contributed by atoms with Gasteiger partial charge >= 0.3 is 0 Å². The number of guanidine groups is 1. The molecule has 1 aromatic carbocycles. The Bertz CT molecular complexity index is 514. The van der Waals surface area contributed by atoms with Crippen LogP contribution in [0, 0.1) is 5.92 Å². The molecular weight excluding hydrogens is 330 g/mol. The first-order chi connectivity index (χ1) is 12.8. The molecule has 0 amide bonds. The van der Waals surface area contributed by atoms with Gasteiger partial charge in [-0.25, -0.2) is 4.99 Å². The maximum absolute atomic E-state index is 5.80. The standard InChI is InChI=1S/C20H33N3O3/c1-3-21-20(23-15-17-5-7-19(24-2)8-6-17)22-11-4-12-26-16-18-9-13-25-14-10-18/h5-8,18H,3-4,9-16H2,1-2H3,(H2,21,22,23). The number of aliphatic imine (C=N–C) groups is 1. The van der Waals surface area contributed by atoms with Crippen LogP contribution in [0.5, 0.6) is 5.75 Å². The van der Waals surface area contributed by atoms with Crippen molar-refractivity contribution < 1.29 is 14.2 Å². The third-order valence-electron chi connectivity index (χ3n) is 4.38. The molecule has 1 aromatic rings. The van der Waals surface area contributed by atoms with Crippen molar-refractivity contribution in [1.82, 2.24) is 10.6 Å². The summed E-state index contributed by atoms with van der Waals surface area (Å²) in [5.74, 6) is 2.37. The topological polar surface area (TPSA) is 64.1 Å². The number of nitrogens with zero attached hydrogens (tertiary/aromatic N) is 1. The van der Waals surface area contributed by atoms with Gasteiger partial charge < -0.3 is 24.8 Å². The van der Waals surface area contributed by atoms with Crippen molar-refractivity contribution >= 4 is 5.96 Å². The van der Waals surface area contributed by atoms with Crippen LogP contribution >= 0.6 is 0 Å². The maximum Gasteiger partial charge on any atom is 0.191 e. The molecule has 1 saturated heterocycles. The first-order valence-corrected chi connectivity index (χ1v) is 9.62. The predicted molar refractivity (Wildman–Crippen MR) is 105 cm³/mol. The van der Waals surface area contributed by atoms with Crippen LogP contribution in [0.15, 0.2) is 29.3 Å². The van der Waals surface area contributed by atoms with Gasteiger partial charge in [-0.05, 0) is 49.8 Å². The number of rotatable bonds is 10. The molecule has 1 aliphatic rings. The van der Waals surface area contributed by atoms with Crippen molar-refractivity contribution in [2.75, 3.05) is 46.6 Å². The van der Waals surface area contributed by atoms with Gasteiger partial charge in [0.05, 0.1) is 13.7 Å². The van der Waals surface area contributed by atoms with Crippen LogP contribution in [-0.4, -0.2) is 52.6 Å². The molecule has 2 rings (SSSR count). The van der Waals surface area contributed by atoms with Crippen LogP contribution in [0.25, 0.3) is 0 Å². The number of hydrogen-bond donors (Lipinski definition) is 2. The molecule has 146 valence electrons. The molecule has 0 bridgehead atoms. The van der Waals surface area contributed by atoms with Crippen molar-refractivity contribution in [3.8, 4) is 5.75 Å². The summed E-state index contributed by atoms with van der Waals surface area (Å²) in [6.07, 6.45) is 3.22. The summed E-state index contributed by atoms with van der Waals surface area (Å²) in [5.41, 5.74) is 1.16. The Morgan fingerprint density at radius 2 is 1.96 bits per heavy atom. The van der Waals surface area contributed by atoms with Crippen molar-refractivity contribution in [3.63, 3.8) is 0 Å². The Morgan fingerprint density at radius 3 is 2.65 bits per heavy atom. The molecule has 6 heteroatoms. The highest BCUT2D eigenvalue weighted by molar-refractivity contribution is 5.79. The van der Waals surface area contributed by atoms with E-state index in [1.807, 2.05) is 24.3 Å². The Balaban J connectivity index is 1.63. The molecule has 6 nitrogen and oxygen atoms in total. The second-order valence-electron chi connectivity index (χ2n) is 6.45. The van der Waals surface area contributed by atoms with Crippen molar-refractivity contribution in [3.05, 3.63) is 29.8 Å². The lowest BCUT2D eigenvalue weighted by molar-refractivity contribution is 0.0203. The van der Waals surface area contributed by atoms with Crippen LogP contribution < -0.4 is 15.4 Å². The molecule has 0 saturated carbocycles. The number of hydrogen-bond acceptors (Lipinski definition) is 4. The maximum atomic E-state index is 5.80. The van der Waals surface area contributed by atoms with Gasteiger partial charge in [0, 0.05) is 39.5 Å². The molecule has 0 unspecified atom stereocenters. The summed E-state index contributed by atoms with van der Waals surface area (Å²) in [5, 5.41) is 6.64. The number of nitrogens with one attached hydrogen (secondary N) is 2.